The summed E-state index contributed by atoms with van der Waals surface area (Å²) in [7, 11) is 0. The van der Waals surface area contributed by atoms with Gasteiger partial charge in [0, 0.05) is 30.5 Å². The third-order valence-corrected chi connectivity index (χ3v) is 4.89. The Kier molecular flexibility index (Phi) is 7.82. The molecular formula is C22H30N2O5. The van der Waals surface area contributed by atoms with Crippen LogP contribution in [0.3, 0.4) is 0 Å². The summed E-state index contributed by atoms with van der Waals surface area (Å²) >= 11 is 0. The molecule has 7 nitrogen and oxygen atoms in total. The average Bonchev–Trinajstić information content (AvgIpc) is 2.71. The number of ether oxygens (including phenoxy) is 2. The van der Waals surface area contributed by atoms with Gasteiger partial charge in [-0.3, -0.25) is 14.9 Å². The molecule has 1 atom stereocenters. The summed E-state index contributed by atoms with van der Waals surface area (Å²) in [5.41, 5.74) is 0.0463. The van der Waals surface area contributed by atoms with E-state index in [9.17, 15) is 14.9 Å². The normalized spacial score (nSPS) is 12.8. The minimum absolute atomic E-state index is 0.0722. The molecule has 0 aliphatic carbocycles. The van der Waals surface area contributed by atoms with Gasteiger partial charge in [0.15, 0.2) is 5.75 Å². The summed E-state index contributed by atoms with van der Waals surface area (Å²) in [6.45, 7) is 10.6. The Morgan fingerprint density at radius 2 is 2.00 bits per heavy atom. The van der Waals surface area contributed by atoms with Crippen molar-refractivity contribution >= 4 is 16.6 Å². The number of hydrogen-bond acceptors (Lipinski definition) is 5. The van der Waals surface area contributed by atoms with Gasteiger partial charge in [-0.05, 0) is 38.3 Å². The zero-order valence-corrected chi connectivity index (χ0v) is 17.9. The van der Waals surface area contributed by atoms with Crippen LogP contribution in [0.4, 0.5) is 5.69 Å². The van der Waals surface area contributed by atoms with Crippen molar-refractivity contribution in [3.8, 4) is 11.5 Å². The molecule has 0 radical (unpaired) electrons. The van der Waals surface area contributed by atoms with E-state index in [2.05, 4.69) is 13.8 Å². The molecule has 2 aromatic rings. The Morgan fingerprint density at radius 1 is 1.28 bits per heavy atom. The lowest BCUT2D eigenvalue weighted by atomic mass is 10.1. The number of rotatable bonds is 10. The van der Waals surface area contributed by atoms with Crippen LogP contribution in [0.25, 0.3) is 10.9 Å². The van der Waals surface area contributed by atoms with Crippen LogP contribution < -0.4 is 15.0 Å². The number of non-ortho nitro benzene ring substituents is 1. The molecule has 0 bridgehead atoms. The van der Waals surface area contributed by atoms with E-state index in [1.54, 1.807) is 6.07 Å². The van der Waals surface area contributed by atoms with Crippen molar-refractivity contribution < 1.29 is 14.4 Å². The molecule has 0 amide bonds. The van der Waals surface area contributed by atoms with Crippen molar-refractivity contribution in [3.05, 3.63) is 50.5 Å². The van der Waals surface area contributed by atoms with Crippen molar-refractivity contribution in [2.75, 3.05) is 6.61 Å². The van der Waals surface area contributed by atoms with Crippen molar-refractivity contribution in [2.24, 2.45) is 5.92 Å². The molecule has 7 heteroatoms. The summed E-state index contributed by atoms with van der Waals surface area (Å²) in [6, 6.07) is 4.46. The van der Waals surface area contributed by atoms with Crippen LogP contribution in [0.2, 0.25) is 0 Å². The number of nitro groups is 1. The van der Waals surface area contributed by atoms with Crippen LogP contribution in [-0.2, 0) is 6.54 Å². The Balaban J connectivity index is 2.73. The van der Waals surface area contributed by atoms with E-state index < -0.39 is 4.92 Å². The van der Waals surface area contributed by atoms with E-state index in [0.717, 1.165) is 12.8 Å². The van der Waals surface area contributed by atoms with Crippen LogP contribution >= 0.6 is 0 Å². The van der Waals surface area contributed by atoms with Gasteiger partial charge in [0.05, 0.1) is 22.8 Å². The number of nitrogens with zero attached hydrogens (tertiary/aromatic N) is 2. The van der Waals surface area contributed by atoms with Crippen molar-refractivity contribution in [1.82, 2.24) is 4.57 Å². The van der Waals surface area contributed by atoms with Crippen LogP contribution in [0.5, 0.6) is 11.5 Å². The van der Waals surface area contributed by atoms with Gasteiger partial charge in [0.1, 0.15) is 0 Å². The Labute approximate surface area is 171 Å². The van der Waals surface area contributed by atoms with Crippen molar-refractivity contribution in [2.45, 2.75) is 60.4 Å². The summed E-state index contributed by atoms with van der Waals surface area (Å²) in [6.07, 6.45) is 4.51. The maximum atomic E-state index is 13.2. The fraction of sp³-hybridized carbons (Fsp3) is 0.500. The minimum atomic E-state index is -0.468. The molecular weight excluding hydrogens is 372 g/mol. The van der Waals surface area contributed by atoms with Gasteiger partial charge in [0.2, 0.25) is 5.75 Å². The van der Waals surface area contributed by atoms with E-state index >= 15 is 0 Å². The van der Waals surface area contributed by atoms with Gasteiger partial charge in [-0.15, -0.1) is 0 Å². The predicted molar refractivity (Wildman–Crippen MR) is 115 cm³/mol. The van der Waals surface area contributed by atoms with Gasteiger partial charge < -0.3 is 14.0 Å². The lowest BCUT2D eigenvalue weighted by Gasteiger charge is -2.20. The number of hydrogen-bond donors (Lipinski definition) is 0. The molecule has 0 N–H and O–H groups in total. The number of aryl methyl sites for hydroxylation is 1. The first-order valence-corrected chi connectivity index (χ1v) is 10.2. The quantitative estimate of drug-likeness (QED) is 0.300. The first-order valence-electron chi connectivity index (χ1n) is 10.2. The maximum Gasteiger partial charge on any atom is 0.297 e. The van der Waals surface area contributed by atoms with Crippen LogP contribution in [0.15, 0.2) is 34.8 Å². The molecule has 29 heavy (non-hydrogen) atoms. The molecule has 0 aliphatic heterocycles. The van der Waals surface area contributed by atoms with Crippen molar-refractivity contribution in [1.29, 1.82) is 0 Å². The molecule has 0 spiro atoms. The first-order chi connectivity index (χ1) is 13.9. The van der Waals surface area contributed by atoms with Crippen LogP contribution in [0, 0.1) is 16.0 Å². The van der Waals surface area contributed by atoms with Gasteiger partial charge in [-0.25, -0.2) is 0 Å². The largest absolute Gasteiger partial charge is 0.485 e. The third-order valence-electron chi connectivity index (χ3n) is 4.89. The zero-order valence-electron chi connectivity index (χ0n) is 17.9. The summed E-state index contributed by atoms with van der Waals surface area (Å²) in [5.74, 6) is 1.47. The van der Waals surface area contributed by atoms with Gasteiger partial charge >= 0.3 is 0 Å². The molecule has 1 aromatic carbocycles. The van der Waals surface area contributed by atoms with Crippen molar-refractivity contribution in [3.63, 3.8) is 0 Å². The Hall–Kier alpha value is -2.83. The zero-order chi connectivity index (χ0) is 21.6. The SMILES string of the molecule is CC=C(CC)Oc1c(OCC(C)CCC)c(=O)n(CC)c2cc([N+](=O)[O-])ccc12. The second-order valence-corrected chi connectivity index (χ2v) is 7.08. The van der Waals surface area contributed by atoms with Gasteiger partial charge in [-0.1, -0.05) is 27.2 Å². The number of pyridine rings is 1. The fourth-order valence-corrected chi connectivity index (χ4v) is 3.31. The molecule has 158 valence electrons. The Bertz CT molecular complexity index is 962. The van der Waals surface area contributed by atoms with E-state index in [4.69, 9.17) is 9.47 Å². The average molecular weight is 402 g/mol. The second kappa shape index (κ2) is 10.1. The van der Waals surface area contributed by atoms with Gasteiger partial charge in [-0.2, -0.15) is 0 Å². The fourth-order valence-electron chi connectivity index (χ4n) is 3.31. The summed E-state index contributed by atoms with van der Waals surface area (Å²) in [4.78, 5) is 24.0. The molecule has 1 unspecified atom stereocenters. The molecule has 0 saturated carbocycles. The molecule has 2 rings (SSSR count). The highest BCUT2D eigenvalue weighted by atomic mass is 16.6. The number of fused-ring (bicyclic) bond motifs is 1. The monoisotopic (exact) mass is 402 g/mol. The second-order valence-electron chi connectivity index (χ2n) is 7.08. The highest BCUT2D eigenvalue weighted by Crippen LogP contribution is 2.36. The number of allylic oxidation sites excluding steroid dienone is 2. The summed E-state index contributed by atoms with van der Waals surface area (Å²) in [5, 5.41) is 11.9. The van der Waals surface area contributed by atoms with E-state index in [-0.39, 0.29) is 17.0 Å². The molecule has 0 aliphatic rings. The minimum Gasteiger partial charge on any atom is -0.485 e. The predicted octanol–water partition coefficient (Wildman–Crippen LogP) is 5.44. The lowest BCUT2D eigenvalue weighted by Crippen LogP contribution is -2.24. The Morgan fingerprint density at radius 3 is 2.55 bits per heavy atom. The molecule has 1 heterocycles. The number of benzene rings is 1. The number of nitro benzene ring substituents is 1. The maximum absolute atomic E-state index is 13.2. The van der Waals surface area contributed by atoms with Crippen LogP contribution in [-0.4, -0.2) is 16.1 Å². The lowest BCUT2D eigenvalue weighted by molar-refractivity contribution is -0.384. The summed E-state index contributed by atoms with van der Waals surface area (Å²) < 4.78 is 13.6. The van der Waals surface area contributed by atoms with E-state index in [1.807, 2.05) is 26.8 Å². The highest BCUT2D eigenvalue weighted by Gasteiger charge is 2.22. The van der Waals surface area contributed by atoms with E-state index in [1.165, 1.54) is 16.7 Å². The van der Waals surface area contributed by atoms with Crippen LogP contribution in [0.1, 0.15) is 53.9 Å². The standard InChI is InChI=1S/C22H30N2O5/c1-6-10-15(5)14-28-21-20(29-17(7-2)8-3)18-12-11-16(24(26)27)13-19(18)23(9-4)22(21)25/h7,11-13,15H,6,8-10,14H2,1-5H3. The molecule has 0 fully saturated rings. The highest BCUT2D eigenvalue weighted by molar-refractivity contribution is 5.89. The third kappa shape index (κ3) is 4.96. The smallest absolute Gasteiger partial charge is 0.297 e. The molecule has 0 saturated heterocycles. The molecule has 1 aromatic heterocycles. The first kappa shape index (κ1) is 22.5. The number of aromatic nitrogens is 1. The van der Waals surface area contributed by atoms with Gasteiger partial charge in [0.25, 0.3) is 11.2 Å². The topological polar surface area (TPSA) is 83.6 Å². The van der Waals surface area contributed by atoms with E-state index in [0.29, 0.717) is 47.9 Å².